The fourth-order valence-electron chi connectivity index (χ4n) is 4.43. The van der Waals surface area contributed by atoms with Gasteiger partial charge in [0.1, 0.15) is 11.5 Å². The Morgan fingerprint density at radius 1 is 1.03 bits per heavy atom. The summed E-state index contributed by atoms with van der Waals surface area (Å²) in [6.45, 7) is 6.72. The number of nitrogens with zero attached hydrogens (tertiary/aromatic N) is 1. The van der Waals surface area contributed by atoms with Crippen molar-refractivity contribution in [2.75, 3.05) is 0 Å². The molecule has 1 aromatic carbocycles. The number of rotatable bonds is 10. The van der Waals surface area contributed by atoms with E-state index < -0.39 is 36.4 Å². The summed E-state index contributed by atoms with van der Waals surface area (Å²) in [5.74, 6) is -3.00. The summed E-state index contributed by atoms with van der Waals surface area (Å²) >= 11 is 0. The Balaban J connectivity index is 0.000000302. The van der Waals surface area contributed by atoms with E-state index in [0.29, 0.717) is 17.7 Å². The number of phenols is 1. The molecule has 0 saturated heterocycles. The van der Waals surface area contributed by atoms with Crippen LogP contribution in [0.3, 0.4) is 0 Å². The van der Waals surface area contributed by atoms with Gasteiger partial charge < -0.3 is 35.4 Å². The zero-order chi connectivity index (χ0) is 27.0. The number of carboxylic acid groups (broad SMARTS) is 3. The maximum Gasteiger partial charge on any atom is 0.336 e. The first-order valence-electron chi connectivity index (χ1n) is 11.6. The Kier molecular flexibility index (Phi) is 10.00. The number of phenolic OH excluding ortho intramolecular Hbond substituents is 1. The van der Waals surface area contributed by atoms with Crippen LogP contribution in [0.1, 0.15) is 60.2 Å². The van der Waals surface area contributed by atoms with Crippen molar-refractivity contribution in [3.63, 3.8) is 0 Å². The molecule has 36 heavy (non-hydrogen) atoms. The van der Waals surface area contributed by atoms with Crippen LogP contribution in [0.4, 0.5) is 0 Å². The summed E-state index contributed by atoms with van der Waals surface area (Å²) in [6.07, 6.45) is 2.40. The molecule has 11 nitrogen and oxygen atoms in total. The van der Waals surface area contributed by atoms with E-state index in [-0.39, 0.29) is 0 Å². The first-order chi connectivity index (χ1) is 16.8. The van der Waals surface area contributed by atoms with Crippen molar-refractivity contribution >= 4 is 17.9 Å². The van der Waals surface area contributed by atoms with Crippen molar-refractivity contribution < 1.29 is 44.4 Å². The van der Waals surface area contributed by atoms with Crippen LogP contribution in [-0.4, -0.2) is 60.2 Å². The van der Waals surface area contributed by atoms with E-state index in [1.807, 2.05) is 26.8 Å². The summed E-state index contributed by atoms with van der Waals surface area (Å²) in [5, 5.41) is 51.4. The zero-order valence-corrected chi connectivity index (χ0v) is 20.7. The first-order valence-corrected chi connectivity index (χ1v) is 11.6. The number of aromatic hydroxyl groups is 1. The summed E-state index contributed by atoms with van der Waals surface area (Å²) < 4.78 is 5.38. The maximum absolute atomic E-state index is 10.3. The number of nitrogens with one attached hydrogen (secondary N) is 1. The minimum atomic E-state index is -2.74. The second-order valence-electron chi connectivity index (χ2n) is 9.37. The zero-order valence-electron chi connectivity index (χ0n) is 20.7. The van der Waals surface area contributed by atoms with E-state index in [1.165, 1.54) is 24.8 Å². The van der Waals surface area contributed by atoms with Crippen molar-refractivity contribution in [1.82, 2.24) is 10.5 Å². The standard InChI is InChI=1S/C19H26N2O2.C6H8O7/c1-12-7-15(8-13(2)19(12)22)11-20-18-6-4-5-16(18)10-17-9-14(3)21-23-17;7-3(8)1-6(13,5(11)12)2-4(9)10/h7-9,16,18,20,22H,4-6,10-11H2,1-3H3;13H,1-2H2,(H,7,8)(H,9,10)(H,11,12)/t16-,18+;/m0./s1. The number of hydrogen-bond acceptors (Lipinski definition) is 8. The van der Waals surface area contributed by atoms with Gasteiger partial charge >= 0.3 is 17.9 Å². The fraction of sp³-hybridized carbons (Fsp3) is 0.520. The first kappa shape index (κ1) is 28.8. The van der Waals surface area contributed by atoms with Gasteiger partial charge in [-0.15, -0.1) is 0 Å². The van der Waals surface area contributed by atoms with Crippen LogP contribution in [0.5, 0.6) is 5.75 Å². The molecule has 3 rings (SSSR count). The van der Waals surface area contributed by atoms with Crippen LogP contribution < -0.4 is 5.32 Å². The van der Waals surface area contributed by atoms with Crippen molar-refractivity contribution in [3.05, 3.63) is 46.3 Å². The number of aliphatic carboxylic acids is 3. The lowest BCUT2D eigenvalue weighted by molar-refractivity contribution is -0.170. The highest BCUT2D eigenvalue weighted by Crippen LogP contribution is 2.30. The van der Waals surface area contributed by atoms with Gasteiger partial charge in [0.2, 0.25) is 0 Å². The molecule has 0 amide bonds. The lowest BCUT2D eigenvalue weighted by atomic mass is 9.96. The van der Waals surface area contributed by atoms with E-state index in [9.17, 15) is 19.5 Å². The Bertz CT molecular complexity index is 1040. The molecule has 2 aromatic rings. The van der Waals surface area contributed by atoms with Gasteiger partial charge in [0.05, 0.1) is 18.5 Å². The van der Waals surface area contributed by atoms with Gasteiger partial charge in [-0.25, -0.2) is 4.79 Å². The summed E-state index contributed by atoms with van der Waals surface area (Å²) in [7, 11) is 0. The molecule has 11 heteroatoms. The highest BCUT2D eigenvalue weighted by Gasteiger charge is 2.40. The number of benzene rings is 1. The third-order valence-electron chi connectivity index (χ3n) is 6.20. The summed E-state index contributed by atoms with van der Waals surface area (Å²) in [4.78, 5) is 30.5. The predicted molar refractivity (Wildman–Crippen MR) is 128 cm³/mol. The predicted octanol–water partition coefficient (Wildman–Crippen LogP) is 2.56. The van der Waals surface area contributed by atoms with Gasteiger partial charge in [-0.05, 0) is 56.2 Å². The molecule has 0 unspecified atom stereocenters. The third-order valence-corrected chi connectivity index (χ3v) is 6.20. The molecule has 6 N–H and O–H groups in total. The second-order valence-corrected chi connectivity index (χ2v) is 9.37. The third kappa shape index (κ3) is 8.35. The van der Waals surface area contributed by atoms with Crippen molar-refractivity contribution in [1.29, 1.82) is 0 Å². The van der Waals surface area contributed by atoms with Crippen LogP contribution in [0.15, 0.2) is 22.7 Å². The van der Waals surface area contributed by atoms with Gasteiger partial charge in [-0.2, -0.15) is 0 Å². The molecule has 1 aliphatic rings. The number of aryl methyl sites for hydroxylation is 3. The van der Waals surface area contributed by atoms with Crippen molar-refractivity contribution in [2.45, 2.75) is 77.5 Å². The van der Waals surface area contributed by atoms with Gasteiger partial charge in [-0.1, -0.05) is 23.7 Å². The molecule has 0 radical (unpaired) electrons. The van der Waals surface area contributed by atoms with Crippen LogP contribution in [0.25, 0.3) is 0 Å². The molecule has 1 heterocycles. The smallest absolute Gasteiger partial charge is 0.336 e. The Labute approximate surface area is 208 Å². The molecule has 0 spiro atoms. The molecule has 2 atom stereocenters. The Morgan fingerprint density at radius 3 is 2.08 bits per heavy atom. The summed E-state index contributed by atoms with van der Waals surface area (Å²) in [6, 6.07) is 6.70. The van der Waals surface area contributed by atoms with Crippen molar-refractivity contribution in [2.24, 2.45) is 5.92 Å². The Morgan fingerprint density at radius 2 is 1.61 bits per heavy atom. The number of carbonyl (C=O) groups is 3. The molecule has 1 saturated carbocycles. The van der Waals surface area contributed by atoms with Gasteiger partial charge in [0, 0.05) is 25.1 Å². The minimum absolute atomic E-state index is 0.410. The van der Waals surface area contributed by atoms with Gasteiger partial charge in [0.25, 0.3) is 0 Å². The van der Waals surface area contributed by atoms with E-state index in [4.69, 9.17) is 24.9 Å². The molecule has 1 aromatic heterocycles. The fourth-order valence-corrected chi connectivity index (χ4v) is 4.43. The molecule has 0 aliphatic heterocycles. The number of aromatic nitrogens is 1. The SMILES string of the molecule is Cc1cc(C[C@@H]2CCC[C@H]2NCc2cc(C)c(O)c(C)c2)on1.O=C(O)CC(O)(CC(=O)O)C(=O)O. The number of aliphatic hydroxyl groups is 1. The Hall–Kier alpha value is -3.44. The molecular weight excluding hydrogens is 472 g/mol. The van der Waals surface area contributed by atoms with Crippen molar-refractivity contribution in [3.8, 4) is 5.75 Å². The molecule has 0 bridgehead atoms. The highest BCUT2D eigenvalue weighted by atomic mass is 16.5. The topological polar surface area (TPSA) is 190 Å². The molecule has 198 valence electrons. The second kappa shape index (κ2) is 12.5. The van der Waals surface area contributed by atoms with Crippen LogP contribution in [-0.2, 0) is 27.3 Å². The lowest BCUT2D eigenvalue weighted by Crippen LogP contribution is -2.42. The molecular formula is C25H34N2O9. The van der Waals surface area contributed by atoms with E-state index in [1.54, 1.807) is 0 Å². The van der Waals surface area contributed by atoms with Gasteiger partial charge in [0.15, 0.2) is 5.60 Å². The lowest BCUT2D eigenvalue weighted by Gasteiger charge is -2.20. The van der Waals surface area contributed by atoms with Gasteiger partial charge in [-0.3, -0.25) is 9.59 Å². The van der Waals surface area contributed by atoms with E-state index in [0.717, 1.165) is 35.5 Å². The van der Waals surface area contributed by atoms with Crippen LogP contribution >= 0.6 is 0 Å². The minimum Gasteiger partial charge on any atom is -0.507 e. The van der Waals surface area contributed by atoms with E-state index >= 15 is 0 Å². The highest BCUT2D eigenvalue weighted by molar-refractivity contribution is 5.88. The molecule has 1 fully saturated rings. The van der Waals surface area contributed by atoms with E-state index in [2.05, 4.69) is 22.6 Å². The average molecular weight is 507 g/mol. The monoisotopic (exact) mass is 506 g/mol. The quantitative estimate of drug-likeness (QED) is 0.277. The van der Waals surface area contributed by atoms with Crippen LogP contribution in [0, 0.1) is 26.7 Å². The maximum atomic E-state index is 10.3. The van der Waals surface area contributed by atoms with Crippen LogP contribution in [0.2, 0.25) is 0 Å². The molecule has 1 aliphatic carbocycles. The number of hydrogen-bond donors (Lipinski definition) is 6. The summed E-state index contributed by atoms with van der Waals surface area (Å²) in [5.41, 5.74) is 1.35. The number of carboxylic acids is 3. The largest absolute Gasteiger partial charge is 0.507 e. The normalized spacial score (nSPS) is 17.3. The average Bonchev–Trinajstić information content (AvgIpc) is 3.38.